The fraction of sp³-hybridized carbons (Fsp3) is 0.476. The van der Waals surface area contributed by atoms with Crippen molar-refractivity contribution in [1.29, 1.82) is 0 Å². The van der Waals surface area contributed by atoms with Gasteiger partial charge in [-0.05, 0) is 30.0 Å². The lowest BCUT2D eigenvalue weighted by molar-refractivity contribution is -0.143. The minimum absolute atomic E-state index is 0.0394. The zero-order valence-corrected chi connectivity index (χ0v) is 16.5. The number of para-hydroxylation sites is 1. The van der Waals surface area contributed by atoms with Crippen LogP contribution in [0.15, 0.2) is 36.7 Å². The number of nitrogens with zero attached hydrogens (tertiary/aromatic N) is 3. The molecule has 0 radical (unpaired) electrons. The van der Waals surface area contributed by atoms with Gasteiger partial charge in [-0.2, -0.15) is 5.10 Å². The van der Waals surface area contributed by atoms with Crippen LogP contribution in [0.5, 0.6) is 5.75 Å². The Labute approximate surface area is 169 Å². The summed E-state index contributed by atoms with van der Waals surface area (Å²) in [6.45, 7) is 1.25. The number of carbonyl (C=O) groups is 2. The van der Waals surface area contributed by atoms with Crippen molar-refractivity contribution in [2.45, 2.75) is 31.2 Å². The highest BCUT2D eigenvalue weighted by atomic mass is 16.5. The van der Waals surface area contributed by atoms with E-state index in [1.54, 1.807) is 15.8 Å². The van der Waals surface area contributed by atoms with Crippen LogP contribution < -0.4 is 10.1 Å². The monoisotopic (exact) mass is 398 g/mol. The Morgan fingerprint density at radius 3 is 2.86 bits per heavy atom. The number of amides is 2. The lowest BCUT2D eigenvalue weighted by Gasteiger charge is -2.36. The molecule has 0 bridgehead atoms. The minimum atomic E-state index is -0.867. The zero-order chi connectivity index (χ0) is 20.4. The van der Waals surface area contributed by atoms with Gasteiger partial charge in [0.2, 0.25) is 0 Å². The molecule has 0 saturated carbocycles. The van der Waals surface area contributed by atoms with Crippen LogP contribution >= 0.6 is 0 Å². The van der Waals surface area contributed by atoms with Crippen molar-refractivity contribution >= 4 is 12.0 Å². The van der Waals surface area contributed by atoms with E-state index in [9.17, 15) is 14.7 Å². The van der Waals surface area contributed by atoms with Crippen LogP contribution in [0.4, 0.5) is 4.79 Å². The Morgan fingerprint density at radius 2 is 2.10 bits per heavy atom. The molecule has 4 rings (SSSR count). The zero-order valence-electron chi connectivity index (χ0n) is 16.5. The van der Waals surface area contributed by atoms with E-state index >= 15 is 0 Å². The molecule has 2 aromatic rings. The molecule has 8 heteroatoms. The maximum atomic E-state index is 13.0. The molecule has 29 heavy (non-hydrogen) atoms. The van der Waals surface area contributed by atoms with Crippen LogP contribution in [-0.4, -0.2) is 57.5 Å². The van der Waals surface area contributed by atoms with Gasteiger partial charge in [0.15, 0.2) is 0 Å². The smallest absolute Gasteiger partial charge is 0.317 e. The molecule has 2 aliphatic heterocycles. The number of benzene rings is 1. The SMILES string of the molecule is Cn1cc(C2CC(C(=O)O)CN(C(=O)NC3CCOc4ccccc4C3)C2)cn1. The number of carboxylic acid groups (broad SMARTS) is 1. The summed E-state index contributed by atoms with van der Waals surface area (Å²) in [5.41, 5.74) is 2.04. The fourth-order valence-corrected chi connectivity index (χ4v) is 4.22. The standard InChI is InChI=1S/C21H26N4O4/c1-24-11-17(10-22-24)15-8-16(20(26)27)13-25(12-15)21(28)23-18-6-7-29-19-5-3-2-4-14(19)9-18/h2-5,10-11,15-16,18H,6-9,12-13H2,1H3,(H,23,28)(H,26,27). The Bertz CT molecular complexity index is 896. The van der Waals surface area contributed by atoms with E-state index in [-0.39, 0.29) is 24.5 Å². The second kappa shape index (κ2) is 8.14. The number of fused-ring (bicyclic) bond motifs is 1. The molecule has 1 saturated heterocycles. The molecule has 1 fully saturated rings. The number of piperidine rings is 1. The van der Waals surface area contributed by atoms with E-state index in [1.807, 2.05) is 37.5 Å². The molecule has 0 spiro atoms. The van der Waals surface area contributed by atoms with Crippen molar-refractivity contribution in [1.82, 2.24) is 20.0 Å². The van der Waals surface area contributed by atoms with Crippen molar-refractivity contribution in [2.24, 2.45) is 13.0 Å². The highest BCUT2D eigenvalue weighted by Crippen LogP contribution is 2.30. The van der Waals surface area contributed by atoms with Gasteiger partial charge in [0.05, 0.1) is 18.7 Å². The minimum Gasteiger partial charge on any atom is -0.493 e. The van der Waals surface area contributed by atoms with E-state index in [4.69, 9.17) is 4.74 Å². The lowest BCUT2D eigenvalue weighted by atomic mass is 9.86. The molecule has 3 heterocycles. The quantitative estimate of drug-likeness (QED) is 0.825. The molecule has 1 aromatic carbocycles. The molecule has 8 nitrogen and oxygen atoms in total. The van der Waals surface area contributed by atoms with Crippen molar-refractivity contribution in [3.63, 3.8) is 0 Å². The molecule has 2 N–H and O–H groups in total. The van der Waals surface area contributed by atoms with Gasteiger partial charge >= 0.3 is 12.0 Å². The summed E-state index contributed by atoms with van der Waals surface area (Å²) in [7, 11) is 1.83. The van der Waals surface area contributed by atoms with E-state index in [0.717, 1.165) is 16.9 Å². The number of hydrogen-bond donors (Lipinski definition) is 2. The first-order valence-electron chi connectivity index (χ1n) is 9.97. The fourth-order valence-electron chi connectivity index (χ4n) is 4.22. The number of likely N-dealkylation sites (tertiary alicyclic amines) is 1. The number of aliphatic carboxylic acids is 1. The summed E-state index contributed by atoms with van der Waals surface area (Å²) in [5.74, 6) is -0.626. The summed E-state index contributed by atoms with van der Waals surface area (Å²) in [6.07, 6.45) is 5.57. The third-order valence-electron chi connectivity index (χ3n) is 5.77. The van der Waals surface area contributed by atoms with Gasteiger partial charge in [-0.25, -0.2) is 4.79 Å². The second-order valence-corrected chi connectivity index (χ2v) is 7.92. The Morgan fingerprint density at radius 1 is 1.28 bits per heavy atom. The third-order valence-corrected chi connectivity index (χ3v) is 5.77. The number of ether oxygens (including phenoxy) is 1. The van der Waals surface area contributed by atoms with Crippen LogP contribution in [0, 0.1) is 5.92 Å². The van der Waals surface area contributed by atoms with Crippen LogP contribution in [0.3, 0.4) is 0 Å². The molecular formula is C21H26N4O4. The highest BCUT2D eigenvalue weighted by molar-refractivity contribution is 5.77. The molecule has 3 unspecified atom stereocenters. The van der Waals surface area contributed by atoms with Gasteiger partial charge in [0, 0.05) is 44.7 Å². The van der Waals surface area contributed by atoms with Gasteiger partial charge in [-0.3, -0.25) is 9.48 Å². The number of urea groups is 1. The lowest BCUT2D eigenvalue weighted by Crippen LogP contribution is -2.52. The predicted octanol–water partition coefficient (Wildman–Crippen LogP) is 2.01. The van der Waals surface area contributed by atoms with E-state index in [2.05, 4.69) is 10.4 Å². The van der Waals surface area contributed by atoms with Crippen LogP contribution in [0.2, 0.25) is 0 Å². The van der Waals surface area contributed by atoms with Crippen molar-refractivity contribution in [3.8, 4) is 5.75 Å². The molecule has 2 aliphatic rings. The average Bonchev–Trinajstić information content (AvgIpc) is 3.04. The molecule has 0 aliphatic carbocycles. The average molecular weight is 398 g/mol. The van der Waals surface area contributed by atoms with Gasteiger partial charge in [-0.1, -0.05) is 18.2 Å². The number of carbonyl (C=O) groups excluding carboxylic acids is 1. The first-order chi connectivity index (χ1) is 14.0. The predicted molar refractivity (Wildman–Crippen MR) is 106 cm³/mol. The maximum absolute atomic E-state index is 13.0. The number of aryl methyl sites for hydroxylation is 1. The van der Waals surface area contributed by atoms with Gasteiger partial charge in [-0.15, -0.1) is 0 Å². The van der Waals surface area contributed by atoms with E-state index < -0.39 is 11.9 Å². The summed E-state index contributed by atoms with van der Waals surface area (Å²) in [4.78, 5) is 26.3. The van der Waals surface area contributed by atoms with Crippen LogP contribution in [-0.2, 0) is 18.3 Å². The largest absolute Gasteiger partial charge is 0.493 e. The van der Waals surface area contributed by atoms with Crippen molar-refractivity contribution in [2.75, 3.05) is 19.7 Å². The first-order valence-corrected chi connectivity index (χ1v) is 9.97. The van der Waals surface area contributed by atoms with Crippen LogP contribution in [0.25, 0.3) is 0 Å². The highest BCUT2D eigenvalue weighted by Gasteiger charge is 2.35. The normalized spacial score (nSPS) is 24.2. The summed E-state index contributed by atoms with van der Waals surface area (Å²) >= 11 is 0. The summed E-state index contributed by atoms with van der Waals surface area (Å²) in [6, 6.07) is 7.60. The Balaban J connectivity index is 1.46. The molecule has 1 aromatic heterocycles. The second-order valence-electron chi connectivity index (χ2n) is 7.92. The van der Waals surface area contributed by atoms with Crippen molar-refractivity contribution < 1.29 is 19.4 Å². The number of rotatable bonds is 3. The summed E-state index contributed by atoms with van der Waals surface area (Å²) < 4.78 is 7.48. The van der Waals surface area contributed by atoms with E-state index in [1.165, 1.54) is 0 Å². The molecule has 3 atom stereocenters. The number of aromatic nitrogens is 2. The van der Waals surface area contributed by atoms with E-state index in [0.29, 0.717) is 32.4 Å². The number of nitrogens with one attached hydrogen (secondary N) is 1. The molecule has 2 amide bonds. The first kappa shape index (κ1) is 19.3. The topological polar surface area (TPSA) is 96.7 Å². The Kier molecular flexibility index (Phi) is 5.42. The maximum Gasteiger partial charge on any atom is 0.317 e. The van der Waals surface area contributed by atoms with Gasteiger partial charge in [0.1, 0.15) is 5.75 Å². The van der Waals surface area contributed by atoms with Crippen molar-refractivity contribution in [3.05, 3.63) is 47.8 Å². The van der Waals surface area contributed by atoms with Gasteiger partial charge in [0.25, 0.3) is 0 Å². The summed E-state index contributed by atoms with van der Waals surface area (Å²) in [5, 5.41) is 16.9. The number of hydrogen-bond acceptors (Lipinski definition) is 4. The number of carboxylic acids is 1. The Hall–Kier alpha value is -3.03. The third kappa shape index (κ3) is 4.36. The van der Waals surface area contributed by atoms with Gasteiger partial charge < -0.3 is 20.1 Å². The molecule has 154 valence electrons. The molecular weight excluding hydrogens is 372 g/mol. The van der Waals surface area contributed by atoms with Crippen LogP contribution in [0.1, 0.15) is 29.9 Å².